The molecule has 3 heterocycles. The third-order valence-corrected chi connectivity index (χ3v) is 6.65. The van der Waals surface area contributed by atoms with Crippen LogP contribution in [0.3, 0.4) is 0 Å². The van der Waals surface area contributed by atoms with Crippen LogP contribution in [0, 0.1) is 0 Å². The third-order valence-electron chi connectivity index (χ3n) is 6.65. The molecule has 5 nitrogen and oxygen atoms in total. The van der Waals surface area contributed by atoms with E-state index in [4.69, 9.17) is 9.15 Å². The molecule has 1 fully saturated rings. The van der Waals surface area contributed by atoms with Gasteiger partial charge in [0.2, 0.25) is 0 Å². The SMILES string of the molecule is CCc1ccc2c(CN3CCC(c4c[nH]c5ccc(OC)cc45)CC3)cc(=O)oc2c1. The Morgan fingerprint density at radius 2 is 1.94 bits per heavy atom. The van der Waals surface area contributed by atoms with Gasteiger partial charge in [-0.2, -0.15) is 0 Å². The molecule has 1 saturated heterocycles. The molecule has 31 heavy (non-hydrogen) atoms. The summed E-state index contributed by atoms with van der Waals surface area (Å²) in [7, 11) is 1.71. The fourth-order valence-electron chi connectivity index (χ4n) is 4.85. The average molecular weight is 417 g/mol. The van der Waals surface area contributed by atoms with Crippen LogP contribution in [0.15, 0.2) is 57.9 Å². The minimum absolute atomic E-state index is 0.265. The van der Waals surface area contributed by atoms with Gasteiger partial charge in [-0.15, -0.1) is 0 Å². The highest BCUT2D eigenvalue weighted by atomic mass is 16.5. The molecule has 2 aromatic carbocycles. The fraction of sp³-hybridized carbons (Fsp3) is 0.346. The number of ether oxygens (including phenoxy) is 1. The molecule has 160 valence electrons. The number of aromatic amines is 1. The van der Waals surface area contributed by atoms with Crippen molar-refractivity contribution in [2.45, 2.75) is 38.6 Å². The number of hydrogen-bond donors (Lipinski definition) is 1. The average Bonchev–Trinajstić information content (AvgIpc) is 3.22. The van der Waals surface area contributed by atoms with Gasteiger partial charge in [-0.1, -0.05) is 19.1 Å². The van der Waals surface area contributed by atoms with Gasteiger partial charge in [-0.25, -0.2) is 4.79 Å². The van der Waals surface area contributed by atoms with E-state index in [-0.39, 0.29) is 5.63 Å². The van der Waals surface area contributed by atoms with Crippen molar-refractivity contribution >= 4 is 21.9 Å². The molecule has 0 atom stereocenters. The van der Waals surface area contributed by atoms with Crippen LogP contribution in [-0.2, 0) is 13.0 Å². The number of H-pyrrole nitrogens is 1. The van der Waals surface area contributed by atoms with E-state index in [1.165, 1.54) is 16.5 Å². The van der Waals surface area contributed by atoms with E-state index in [0.29, 0.717) is 11.5 Å². The lowest BCUT2D eigenvalue weighted by atomic mass is 9.89. The van der Waals surface area contributed by atoms with Crippen LogP contribution < -0.4 is 10.4 Å². The summed E-state index contributed by atoms with van der Waals surface area (Å²) in [5.41, 5.74) is 5.22. The first kappa shape index (κ1) is 19.9. The molecule has 5 heteroatoms. The minimum Gasteiger partial charge on any atom is -0.497 e. The maximum atomic E-state index is 12.1. The lowest BCUT2D eigenvalue weighted by Gasteiger charge is -2.32. The molecule has 5 rings (SSSR count). The highest BCUT2D eigenvalue weighted by Gasteiger charge is 2.23. The number of fused-ring (bicyclic) bond motifs is 2. The van der Waals surface area contributed by atoms with Crippen molar-refractivity contribution in [2.24, 2.45) is 0 Å². The summed E-state index contributed by atoms with van der Waals surface area (Å²) < 4.78 is 10.9. The summed E-state index contributed by atoms with van der Waals surface area (Å²) in [6.07, 6.45) is 5.29. The number of nitrogens with zero attached hydrogens (tertiary/aromatic N) is 1. The standard InChI is InChI=1S/C26H28N2O3/c1-3-17-4-6-21-19(13-26(29)31-25(21)12-17)16-28-10-8-18(9-11-28)23-15-27-24-7-5-20(30-2)14-22(23)24/h4-7,12-15,18,27H,3,8-11,16H2,1-2H3. The monoisotopic (exact) mass is 416 g/mol. The molecule has 2 aromatic heterocycles. The second-order valence-corrected chi connectivity index (χ2v) is 8.48. The topological polar surface area (TPSA) is 58.5 Å². The van der Waals surface area contributed by atoms with Crippen molar-refractivity contribution < 1.29 is 9.15 Å². The lowest BCUT2D eigenvalue weighted by molar-refractivity contribution is 0.205. The van der Waals surface area contributed by atoms with E-state index in [1.807, 2.05) is 12.1 Å². The summed E-state index contributed by atoms with van der Waals surface area (Å²) in [6.45, 7) is 4.91. The number of nitrogens with one attached hydrogen (secondary N) is 1. The first-order chi connectivity index (χ1) is 15.1. The van der Waals surface area contributed by atoms with Gasteiger partial charge in [0.1, 0.15) is 11.3 Å². The van der Waals surface area contributed by atoms with Crippen LogP contribution in [-0.4, -0.2) is 30.1 Å². The molecule has 0 spiro atoms. The number of aromatic nitrogens is 1. The molecule has 1 aliphatic rings. The number of methoxy groups -OCH3 is 1. The van der Waals surface area contributed by atoms with Crippen molar-refractivity contribution in [3.63, 3.8) is 0 Å². The lowest BCUT2D eigenvalue weighted by Crippen LogP contribution is -2.32. The molecular formula is C26H28N2O3. The predicted molar refractivity (Wildman–Crippen MR) is 124 cm³/mol. The van der Waals surface area contributed by atoms with Crippen LogP contribution in [0.1, 0.15) is 42.4 Å². The highest BCUT2D eigenvalue weighted by Crippen LogP contribution is 2.35. The zero-order valence-electron chi connectivity index (χ0n) is 18.1. The number of benzene rings is 2. The third kappa shape index (κ3) is 3.86. The number of aryl methyl sites for hydroxylation is 1. The van der Waals surface area contributed by atoms with Crippen molar-refractivity contribution in [3.8, 4) is 5.75 Å². The molecule has 0 aliphatic carbocycles. The van der Waals surface area contributed by atoms with Gasteiger partial charge in [-0.05, 0) is 79.2 Å². The Morgan fingerprint density at radius 1 is 1.10 bits per heavy atom. The van der Waals surface area contributed by atoms with E-state index in [2.05, 4.69) is 47.3 Å². The Hall–Kier alpha value is -3.05. The minimum atomic E-state index is -0.265. The smallest absolute Gasteiger partial charge is 0.336 e. The maximum Gasteiger partial charge on any atom is 0.336 e. The first-order valence-electron chi connectivity index (χ1n) is 11.1. The fourth-order valence-corrected chi connectivity index (χ4v) is 4.85. The summed E-state index contributed by atoms with van der Waals surface area (Å²) >= 11 is 0. The number of piperidine rings is 1. The number of hydrogen-bond acceptors (Lipinski definition) is 4. The molecule has 1 N–H and O–H groups in total. The Labute approximate surface area is 181 Å². The summed E-state index contributed by atoms with van der Waals surface area (Å²) in [6, 6.07) is 14.1. The van der Waals surface area contributed by atoms with Gasteiger partial charge in [-0.3, -0.25) is 4.90 Å². The number of likely N-dealkylation sites (tertiary alicyclic amines) is 1. The van der Waals surface area contributed by atoms with Gasteiger partial charge in [0.25, 0.3) is 0 Å². The highest BCUT2D eigenvalue weighted by molar-refractivity contribution is 5.85. The summed E-state index contributed by atoms with van der Waals surface area (Å²) in [5, 5.41) is 2.30. The molecule has 0 saturated carbocycles. The van der Waals surface area contributed by atoms with Crippen molar-refractivity contribution in [3.05, 3.63) is 75.8 Å². The van der Waals surface area contributed by atoms with Crippen LogP contribution in [0.5, 0.6) is 5.75 Å². The van der Waals surface area contributed by atoms with E-state index < -0.39 is 0 Å². The first-order valence-corrected chi connectivity index (χ1v) is 11.1. The molecular weight excluding hydrogens is 388 g/mol. The molecule has 0 radical (unpaired) electrons. The quantitative estimate of drug-likeness (QED) is 0.453. The van der Waals surface area contributed by atoms with Crippen molar-refractivity contribution in [2.75, 3.05) is 20.2 Å². The second kappa shape index (κ2) is 8.23. The van der Waals surface area contributed by atoms with E-state index >= 15 is 0 Å². The van der Waals surface area contributed by atoms with Crippen LogP contribution in [0.2, 0.25) is 0 Å². The summed E-state index contributed by atoms with van der Waals surface area (Å²) in [5.74, 6) is 1.42. The van der Waals surface area contributed by atoms with Gasteiger partial charge in [0, 0.05) is 35.1 Å². The largest absolute Gasteiger partial charge is 0.497 e. The van der Waals surface area contributed by atoms with E-state index in [9.17, 15) is 4.79 Å². The molecule has 4 aromatic rings. The van der Waals surface area contributed by atoms with Crippen LogP contribution in [0.4, 0.5) is 0 Å². The van der Waals surface area contributed by atoms with Gasteiger partial charge < -0.3 is 14.1 Å². The Balaban J connectivity index is 1.33. The van der Waals surface area contributed by atoms with Crippen LogP contribution >= 0.6 is 0 Å². The Bertz CT molecular complexity index is 1280. The van der Waals surface area contributed by atoms with Crippen molar-refractivity contribution in [1.82, 2.24) is 9.88 Å². The Morgan fingerprint density at radius 3 is 2.71 bits per heavy atom. The van der Waals surface area contributed by atoms with Crippen LogP contribution in [0.25, 0.3) is 21.9 Å². The van der Waals surface area contributed by atoms with Gasteiger partial charge in [0.15, 0.2) is 0 Å². The predicted octanol–water partition coefficient (Wildman–Crippen LogP) is 5.22. The maximum absolute atomic E-state index is 12.1. The number of rotatable bonds is 5. The van der Waals surface area contributed by atoms with Crippen molar-refractivity contribution in [1.29, 1.82) is 0 Å². The van der Waals surface area contributed by atoms with Gasteiger partial charge >= 0.3 is 5.63 Å². The zero-order chi connectivity index (χ0) is 21.4. The van der Waals surface area contributed by atoms with E-state index in [1.54, 1.807) is 13.2 Å². The second-order valence-electron chi connectivity index (χ2n) is 8.48. The molecule has 0 bridgehead atoms. The zero-order valence-corrected chi connectivity index (χ0v) is 18.1. The Kier molecular flexibility index (Phi) is 5.28. The molecule has 1 aliphatic heterocycles. The summed E-state index contributed by atoms with van der Waals surface area (Å²) in [4.78, 5) is 18.0. The molecule has 0 unspecified atom stereocenters. The van der Waals surface area contributed by atoms with E-state index in [0.717, 1.165) is 61.1 Å². The van der Waals surface area contributed by atoms with Gasteiger partial charge in [0.05, 0.1) is 7.11 Å². The molecule has 0 amide bonds. The normalized spacial score (nSPS) is 15.7.